The van der Waals surface area contributed by atoms with Crippen molar-refractivity contribution in [2.24, 2.45) is 0 Å². The number of hydrogen-bond donors (Lipinski definition) is 3. The third kappa shape index (κ3) is 5.10. The lowest BCUT2D eigenvalue weighted by Gasteiger charge is -2.20. The first kappa shape index (κ1) is 17.5. The molecule has 124 valence electrons. The van der Waals surface area contributed by atoms with Crippen molar-refractivity contribution in [3.63, 3.8) is 0 Å². The van der Waals surface area contributed by atoms with E-state index < -0.39 is 13.4 Å². The molecule has 3 N–H and O–H groups in total. The van der Waals surface area contributed by atoms with Gasteiger partial charge in [-0.1, -0.05) is 43.7 Å². The van der Waals surface area contributed by atoms with Gasteiger partial charge < -0.3 is 19.6 Å². The lowest BCUT2D eigenvalue weighted by atomic mass is 10.0. The van der Waals surface area contributed by atoms with Crippen molar-refractivity contribution in [2.45, 2.75) is 32.0 Å². The summed E-state index contributed by atoms with van der Waals surface area (Å²) in [5.74, 6) is -0.649. The molecule has 2 aromatic rings. The van der Waals surface area contributed by atoms with Gasteiger partial charge >= 0.3 is 7.60 Å². The molecule has 1 atom stereocenters. The van der Waals surface area contributed by atoms with Gasteiger partial charge in [0.15, 0.2) is 0 Å². The zero-order chi connectivity index (χ0) is 16.9. The fraction of sp³-hybridized carbons (Fsp3) is 0.294. The van der Waals surface area contributed by atoms with Crippen LogP contribution in [0.3, 0.4) is 0 Å². The van der Waals surface area contributed by atoms with E-state index in [4.69, 9.17) is 4.74 Å². The molecular weight excluding hydrogens is 315 g/mol. The van der Waals surface area contributed by atoms with Gasteiger partial charge in [0.1, 0.15) is 11.5 Å². The van der Waals surface area contributed by atoms with Crippen molar-refractivity contribution in [1.82, 2.24) is 0 Å². The molecule has 0 amide bonds. The summed E-state index contributed by atoms with van der Waals surface area (Å²) in [6.07, 6.45) is 1.65. The highest BCUT2D eigenvalue weighted by atomic mass is 31.2. The molecule has 0 heterocycles. The number of aromatic hydroxyl groups is 1. The summed E-state index contributed by atoms with van der Waals surface area (Å²) < 4.78 is 17.2. The molecule has 0 saturated carbocycles. The van der Waals surface area contributed by atoms with Crippen LogP contribution in [-0.2, 0) is 17.4 Å². The molecule has 1 unspecified atom stereocenters. The Hall–Kier alpha value is -1.81. The first-order valence-electron chi connectivity index (χ1n) is 7.48. The first-order chi connectivity index (χ1) is 10.9. The molecule has 0 spiro atoms. The summed E-state index contributed by atoms with van der Waals surface area (Å²) in [5.41, 5.74) is 1.49. The lowest BCUT2D eigenvalue weighted by Crippen LogP contribution is -2.20. The van der Waals surface area contributed by atoms with E-state index in [9.17, 15) is 19.5 Å². The second kappa shape index (κ2) is 7.64. The van der Waals surface area contributed by atoms with Gasteiger partial charge in [0.25, 0.3) is 0 Å². The summed E-state index contributed by atoms with van der Waals surface area (Å²) in [5, 5.41) is 9.81. The fourth-order valence-electron chi connectivity index (χ4n) is 2.32. The Balaban J connectivity index is 2.21. The van der Waals surface area contributed by atoms with Crippen molar-refractivity contribution < 1.29 is 24.2 Å². The van der Waals surface area contributed by atoms with Crippen molar-refractivity contribution in [2.75, 3.05) is 0 Å². The van der Waals surface area contributed by atoms with Gasteiger partial charge in [0.05, 0.1) is 0 Å². The highest BCUT2D eigenvalue weighted by Gasteiger charge is 2.31. The van der Waals surface area contributed by atoms with Gasteiger partial charge in [-0.2, -0.15) is 0 Å². The summed E-state index contributed by atoms with van der Waals surface area (Å²) in [6.45, 7) is 2.00. The number of phenols is 1. The number of para-hydroxylation sites is 1. The molecule has 0 bridgehead atoms. The smallest absolute Gasteiger partial charge is 0.366 e. The third-order valence-electron chi connectivity index (χ3n) is 3.46. The minimum absolute atomic E-state index is 0.0656. The molecule has 0 saturated heterocycles. The average molecular weight is 336 g/mol. The average Bonchev–Trinajstić information content (AvgIpc) is 2.50. The predicted molar refractivity (Wildman–Crippen MR) is 88.7 cm³/mol. The molecule has 2 rings (SSSR count). The summed E-state index contributed by atoms with van der Waals surface area (Å²) in [7, 11) is -4.43. The van der Waals surface area contributed by atoms with Crippen molar-refractivity contribution in [3.8, 4) is 11.5 Å². The Morgan fingerprint density at radius 1 is 1.13 bits per heavy atom. The topological polar surface area (TPSA) is 87.0 Å². The van der Waals surface area contributed by atoms with Gasteiger partial charge in [-0.3, -0.25) is 4.57 Å². The molecule has 0 fully saturated rings. The number of hydrogen-bond acceptors (Lipinski definition) is 3. The van der Waals surface area contributed by atoms with Crippen LogP contribution in [0.25, 0.3) is 0 Å². The Morgan fingerprint density at radius 2 is 1.83 bits per heavy atom. The normalized spacial score (nSPS) is 12.8. The molecule has 5 nitrogen and oxygen atoms in total. The van der Waals surface area contributed by atoms with Gasteiger partial charge in [0, 0.05) is 6.42 Å². The Morgan fingerprint density at radius 3 is 2.43 bits per heavy atom. The van der Waals surface area contributed by atoms with Crippen LogP contribution < -0.4 is 4.74 Å². The third-order valence-corrected chi connectivity index (χ3v) is 4.50. The van der Waals surface area contributed by atoms with E-state index in [1.165, 1.54) is 0 Å². The molecule has 23 heavy (non-hydrogen) atoms. The minimum atomic E-state index is -4.43. The van der Waals surface area contributed by atoms with E-state index in [0.717, 1.165) is 17.5 Å². The molecule has 2 aromatic carbocycles. The van der Waals surface area contributed by atoms with Gasteiger partial charge in [-0.25, -0.2) is 0 Å². The van der Waals surface area contributed by atoms with Crippen LogP contribution >= 0.6 is 7.60 Å². The second-order valence-electron chi connectivity index (χ2n) is 5.39. The zero-order valence-electron chi connectivity index (χ0n) is 12.9. The number of benzene rings is 2. The molecule has 0 aliphatic heterocycles. The van der Waals surface area contributed by atoms with Crippen LogP contribution in [0.15, 0.2) is 48.5 Å². The highest BCUT2D eigenvalue weighted by Crippen LogP contribution is 2.44. The molecule has 0 aliphatic carbocycles. The maximum atomic E-state index is 11.7. The van der Waals surface area contributed by atoms with Crippen LogP contribution in [0.4, 0.5) is 0 Å². The summed E-state index contributed by atoms with van der Waals surface area (Å²) >= 11 is 0. The molecule has 0 aromatic heterocycles. The van der Waals surface area contributed by atoms with E-state index in [1.807, 2.05) is 6.92 Å². The molecule has 0 radical (unpaired) electrons. The Labute approximate surface area is 135 Å². The zero-order valence-corrected chi connectivity index (χ0v) is 13.8. The standard InChI is InChI=1S/C17H21O5P/c1-2-6-14-11-13(9-10-16(14)18)12-17(23(19,20)21)22-15-7-4-3-5-8-15/h3-5,7-11,17-18H,2,6,12H2,1H3,(H2,19,20,21). The largest absolute Gasteiger partial charge is 0.508 e. The van der Waals surface area contributed by atoms with Crippen LogP contribution in [0.5, 0.6) is 11.5 Å². The fourth-order valence-corrected chi connectivity index (χ4v) is 3.03. The van der Waals surface area contributed by atoms with Crippen LogP contribution in [-0.4, -0.2) is 20.7 Å². The van der Waals surface area contributed by atoms with Crippen LogP contribution in [0.1, 0.15) is 24.5 Å². The second-order valence-corrected chi connectivity index (χ2v) is 7.15. The number of ether oxygens (including phenoxy) is 1. The van der Waals surface area contributed by atoms with Crippen molar-refractivity contribution >= 4 is 7.60 Å². The van der Waals surface area contributed by atoms with E-state index in [2.05, 4.69) is 0 Å². The molecule has 6 heteroatoms. The van der Waals surface area contributed by atoms with E-state index in [1.54, 1.807) is 48.5 Å². The van der Waals surface area contributed by atoms with Crippen LogP contribution in [0, 0.1) is 0 Å². The van der Waals surface area contributed by atoms with E-state index in [0.29, 0.717) is 12.2 Å². The van der Waals surface area contributed by atoms with Crippen molar-refractivity contribution in [1.29, 1.82) is 0 Å². The quantitative estimate of drug-likeness (QED) is 0.674. The lowest BCUT2D eigenvalue weighted by molar-refractivity contribution is 0.223. The highest BCUT2D eigenvalue weighted by molar-refractivity contribution is 7.52. The molecule has 0 aliphatic rings. The predicted octanol–water partition coefficient (Wildman–Crippen LogP) is 3.47. The van der Waals surface area contributed by atoms with E-state index >= 15 is 0 Å². The monoisotopic (exact) mass is 336 g/mol. The van der Waals surface area contributed by atoms with Crippen molar-refractivity contribution in [3.05, 3.63) is 59.7 Å². The molecular formula is C17H21O5P. The maximum absolute atomic E-state index is 11.7. The number of phenolic OH excluding ortho intramolecular Hbond substituents is 1. The number of aryl methyl sites for hydroxylation is 1. The Kier molecular flexibility index (Phi) is 5.83. The summed E-state index contributed by atoms with van der Waals surface area (Å²) in [4.78, 5) is 19.1. The minimum Gasteiger partial charge on any atom is -0.508 e. The summed E-state index contributed by atoms with van der Waals surface area (Å²) in [6, 6.07) is 13.6. The van der Waals surface area contributed by atoms with Crippen LogP contribution in [0.2, 0.25) is 0 Å². The maximum Gasteiger partial charge on any atom is 0.366 e. The first-order valence-corrected chi connectivity index (χ1v) is 9.16. The Bertz CT molecular complexity index is 681. The SMILES string of the molecule is CCCc1cc(CC(Oc2ccccc2)P(=O)(O)O)ccc1O. The van der Waals surface area contributed by atoms with E-state index in [-0.39, 0.29) is 12.2 Å². The van der Waals surface area contributed by atoms with Gasteiger partial charge in [0.2, 0.25) is 5.85 Å². The number of rotatable bonds is 7. The van der Waals surface area contributed by atoms with Gasteiger partial charge in [-0.15, -0.1) is 0 Å². The van der Waals surface area contributed by atoms with Gasteiger partial charge in [-0.05, 0) is 35.7 Å².